The van der Waals surface area contributed by atoms with Gasteiger partial charge in [0.05, 0.1) is 0 Å². The number of likely N-dealkylation sites (tertiary alicyclic amines) is 1. The van der Waals surface area contributed by atoms with Crippen LogP contribution in [-0.4, -0.2) is 24.0 Å². The van der Waals surface area contributed by atoms with Crippen LogP contribution in [0.15, 0.2) is 0 Å². The second-order valence-corrected chi connectivity index (χ2v) is 5.26. The maximum absolute atomic E-state index is 3.35. The van der Waals surface area contributed by atoms with Gasteiger partial charge in [0.1, 0.15) is 0 Å². The summed E-state index contributed by atoms with van der Waals surface area (Å²) in [5.74, 6) is 7.29. The lowest BCUT2D eigenvalue weighted by atomic mass is 9.93. The summed E-state index contributed by atoms with van der Waals surface area (Å²) in [4.78, 5) is 2.46. The fraction of sp³-hybridized carbons (Fsp3) is 0.833. The molecular formula is C12H21N. The first-order valence-corrected chi connectivity index (χ1v) is 5.15. The Hall–Kier alpha value is -0.480. The first kappa shape index (κ1) is 10.6. The van der Waals surface area contributed by atoms with Crippen LogP contribution in [0.25, 0.3) is 0 Å². The summed E-state index contributed by atoms with van der Waals surface area (Å²) in [5.41, 5.74) is 0.165. The van der Waals surface area contributed by atoms with Crippen LogP contribution in [0.2, 0.25) is 0 Å². The predicted octanol–water partition coefficient (Wildman–Crippen LogP) is 2.38. The Morgan fingerprint density at radius 3 is 2.15 bits per heavy atom. The molecule has 0 saturated carbocycles. The zero-order valence-electron chi connectivity index (χ0n) is 9.52. The van der Waals surface area contributed by atoms with Gasteiger partial charge in [-0.05, 0) is 34.6 Å². The average molecular weight is 179 g/mol. The molecule has 0 N–H and O–H groups in total. The van der Waals surface area contributed by atoms with E-state index in [1.54, 1.807) is 0 Å². The molecule has 1 fully saturated rings. The van der Waals surface area contributed by atoms with E-state index in [2.05, 4.69) is 51.4 Å². The van der Waals surface area contributed by atoms with E-state index in [0.717, 1.165) is 0 Å². The lowest BCUT2D eigenvalue weighted by Crippen LogP contribution is -2.49. The van der Waals surface area contributed by atoms with Crippen LogP contribution in [0, 0.1) is 23.2 Å². The molecule has 0 spiro atoms. The Labute approximate surface area is 82.5 Å². The number of nitrogens with zero attached hydrogens (tertiary/aromatic N) is 1. The number of hydrogen-bond donors (Lipinski definition) is 0. The third-order valence-corrected chi connectivity index (χ3v) is 2.29. The van der Waals surface area contributed by atoms with Gasteiger partial charge in [0.2, 0.25) is 0 Å². The molecule has 74 valence electrons. The summed E-state index contributed by atoms with van der Waals surface area (Å²) in [7, 11) is 0. The van der Waals surface area contributed by atoms with Gasteiger partial charge in [0.25, 0.3) is 0 Å². The largest absolute Gasteiger partial charge is 0.298 e. The topological polar surface area (TPSA) is 3.24 Å². The Morgan fingerprint density at radius 2 is 1.77 bits per heavy atom. The standard InChI is InChI=1S/C12H21N/c1-10(2)13-8-11(9-13)6-7-12(3,4)5/h10-11H,8-9H2,1-5H3. The van der Waals surface area contributed by atoms with Crippen molar-refractivity contribution in [3.8, 4) is 11.8 Å². The van der Waals surface area contributed by atoms with Crippen molar-refractivity contribution in [3.05, 3.63) is 0 Å². The molecule has 1 nitrogen and oxygen atoms in total. The third kappa shape index (κ3) is 3.40. The van der Waals surface area contributed by atoms with E-state index in [1.165, 1.54) is 13.1 Å². The van der Waals surface area contributed by atoms with E-state index in [9.17, 15) is 0 Å². The van der Waals surface area contributed by atoms with Crippen LogP contribution >= 0.6 is 0 Å². The van der Waals surface area contributed by atoms with Crippen molar-refractivity contribution >= 4 is 0 Å². The Balaban J connectivity index is 2.32. The summed E-state index contributed by atoms with van der Waals surface area (Å²) in [5, 5.41) is 0. The van der Waals surface area contributed by atoms with E-state index in [-0.39, 0.29) is 5.41 Å². The van der Waals surface area contributed by atoms with Crippen molar-refractivity contribution in [2.75, 3.05) is 13.1 Å². The van der Waals surface area contributed by atoms with Gasteiger partial charge in [-0.3, -0.25) is 4.90 Å². The zero-order valence-corrected chi connectivity index (χ0v) is 9.52. The van der Waals surface area contributed by atoms with Gasteiger partial charge in [-0.1, -0.05) is 11.8 Å². The van der Waals surface area contributed by atoms with Gasteiger partial charge >= 0.3 is 0 Å². The van der Waals surface area contributed by atoms with Crippen LogP contribution in [0.5, 0.6) is 0 Å². The van der Waals surface area contributed by atoms with E-state index in [1.807, 2.05) is 0 Å². The minimum absolute atomic E-state index is 0.165. The van der Waals surface area contributed by atoms with Crippen LogP contribution in [-0.2, 0) is 0 Å². The number of hydrogen-bond acceptors (Lipinski definition) is 1. The molecule has 1 aliphatic rings. The smallest absolute Gasteiger partial charge is 0.0457 e. The minimum Gasteiger partial charge on any atom is -0.298 e. The van der Waals surface area contributed by atoms with Crippen LogP contribution in [0.1, 0.15) is 34.6 Å². The average Bonchev–Trinajstić information content (AvgIpc) is 1.79. The molecule has 0 aromatic carbocycles. The van der Waals surface area contributed by atoms with Gasteiger partial charge in [-0.15, -0.1) is 0 Å². The molecule has 0 atom stereocenters. The lowest BCUT2D eigenvalue weighted by molar-refractivity contribution is 0.0990. The first-order valence-electron chi connectivity index (χ1n) is 5.15. The predicted molar refractivity (Wildman–Crippen MR) is 57.4 cm³/mol. The quantitative estimate of drug-likeness (QED) is 0.559. The number of rotatable bonds is 1. The Kier molecular flexibility index (Phi) is 3.03. The summed E-state index contributed by atoms with van der Waals surface area (Å²) < 4.78 is 0. The molecule has 1 heteroatoms. The van der Waals surface area contributed by atoms with Crippen molar-refractivity contribution in [2.24, 2.45) is 11.3 Å². The lowest BCUT2D eigenvalue weighted by Gasteiger charge is -2.39. The molecule has 0 aromatic rings. The van der Waals surface area contributed by atoms with Crippen LogP contribution < -0.4 is 0 Å². The monoisotopic (exact) mass is 179 g/mol. The fourth-order valence-electron chi connectivity index (χ4n) is 1.34. The summed E-state index contributed by atoms with van der Waals surface area (Å²) >= 11 is 0. The molecule has 0 unspecified atom stereocenters. The third-order valence-electron chi connectivity index (χ3n) is 2.29. The van der Waals surface area contributed by atoms with Gasteiger partial charge in [0, 0.05) is 30.5 Å². The van der Waals surface area contributed by atoms with Crippen molar-refractivity contribution in [1.29, 1.82) is 0 Å². The highest BCUT2D eigenvalue weighted by molar-refractivity contribution is 5.13. The SMILES string of the molecule is CC(C)N1CC(C#CC(C)(C)C)C1. The first-order chi connectivity index (χ1) is 5.88. The molecule has 1 saturated heterocycles. The highest BCUT2D eigenvalue weighted by atomic mass is 15.2. The summed E-state index contributed by atoms with van der Waals surface area (Å²) in [6, 6.07) is 0.688. The van der Waals surface area contributed by atoms with E-state index in [0.29, 0.717) is 12.0 Å². The highest BCUT2D eigenvalue weighted by Gasteiger charge is 2.26. The van der Waals surface area contributed by atoms with Gasteiger partial charge < -0.3 is 0 Å². The normalized spacial score (nSPS) is 19.5. The maximum atomic E-state index is 3.35. The molecule has 1 heterocycles. The van der Waals surface area contributed by atoms with Crippen molar-refractivity contribution in [1.82, 2.24) is 4.90 Å². The molecule has 1 aliphatic heterocycles. The Morgan fingerprint density at radius 1 is 1.23 bits per heavy atom. The van der Waals surface area contributed by atoms with Crippen LogP contribution in [0.4, 0.5) is 0 Å². The van der Waals surface area contributed by atoms with Crippen LogP contribution in [0.3, 0.4) is 0 Å². The molecule has 0 aliphatic carbocycles. The van der Waals surface area contributed by atoms with Crippen molar-refractivity contribution in [3.63, 3.8) is 0 Å². The molecule has 13 heavy (non-hydrogen) atoms. The zero-order chi connectivity index (χ0) is 10.1. The van der Waals surface area contributed by atoms with Crippen molar-refractivity contribution in [2.45, 2.75) is 40.7 Å². The minimum atomic E-state index is 0.165. The van der Waals surface area contributed by atoms with Gasteiger partial charge in [-0.25, -0.2) is 0 Å². The van der Waals surface area contributed by atoms with E-state index in [4.69, 9.17) is 0 Å². The maximum Gasteiger partial charge on any atom is 0.0457 e. The van der Waals surface area contributed by atoms with Gasteiger partial charge in [0.15, 0.2) is 0 Å². The molecule has 0 bridgehead atoms. The Bertz CT molecular complexity index is 218. The molecular weight excluding hydrogens is 158 g/mol. The van der Waals surface area contributed by atoms with Crippen molar-refractivity contribution < 1.29 is 0 Å². The van der Waals surface area contributed by atoms with E-state index < -0.39 is 0 Å². The molecule has 1 rings (SSSR count). The molecule has 0 aromatic heterocycles. The van der Waals surface area contributed by atoms with E-state index >= 15 is 0 Å². The fourth-order valence-corrected chi connectivity index (χ4v) is 1.34. The summed E-state index contributed by atoms with van der Waals surface area (Å²) in [6.07, 6.45) is 0. The van der Waals surface area contributed by atoms with Gasteiger partial charge in [-0.2, -0.15) is 0 Å². The highest BCUT2D eigenvalue weighted by Crippen LogP contribution is 2.18. The molecule has 0 radical (unpaired) electrons. The second kappa shape index (κ2) is 3.72. The second-order valence-electron chi connectivity index (χ2n) is 5.26. The molecule has 0 amide bonds. The summed E-state index contributed by atoms with van der Waals surface area (Å²) in [6.45, 7) is 13.3.